The maximum Gasteiger partial charge on any atom is 0.338 e. The number of ether oxygens (including phenoxy) is 1. The molecule has 1 heterocycles. The molecule has 7 nitrogen and oxygen atoms in total. The van der Waals surface area contributed by atoms with Gasteiger partial charge in [-0.05, 0) is 48.9 Å². The fraction of sp³-hybridized carbons (Fsp3) is 0.0833. The lowest BCUT2D eigenvalue weighted by molar-refractivity contribution is 0.0475. The number of sulfonamides is 1. The van der Waals surface area contributed by atoms with Crippen molar-refractivity contribution in [1.82, 2.24) is 4.98 Å². The number of hydrogen-bond acceptors (Lipinski definition) is 5. The third-order valence-corrected chi connectivity index (χ3v) is 6.25. The normalized spacial score (nSPS) is 11.3. The molecule has 0 amide bonds. The van der Waals surface area contributed by atoms with Crippen molar-refractivity contribution in [2.45, 2.75) is 11.8 Å². The van der Waals surface area contributed by atoms with Crippen molar-refractivity contribution in [2.75, 3.05) is 11.3 Å². The monoisotopic (exact) mass is 448 g/mol. The van der Waals surface area contributed by atoms with Crippen LogP contribution in [0.5, 0.6) is 0 Å². The minimum atomic E-state index is -3.91. The van der Waals surface area contributed by atoms with E-state index >= 15 is 0 Å². The summed E-state index contributed by atoms with van der Waals surface area (Å²) in [5.74, 6) is -1.15. The van der Waals surface area contributed by atoms with Gasteiger partial charge in [0.15, 0.2) is 6.61 Å². The molecule has 4 aromatic rings. The summed E-state index contributed by atoms with van der Waals surface area (Å²) in [4.78, 5) is 27.9. The van der Waals surface area contributed by atoms with Crippen molar-refractivity contribution in [2.24, 2.45) is 0 Å². The Morgan fingerprint density at radius 3 is 2.56 bits per heavy atom. The highest BCUT2D eigenvalue weighted by molar-refractivity contribution is 7.92. The lowest BCUT2D eigenvalue weighted by Gasteiger charge is -2.10. The summed E-state index contributed by atoms with van der Waals surface area (Å²) in [7, 11) is -3.91. The van der Waals surface area contributed by atoms with E-state index in [1.807, 2.05) is 31.2 Å². The quantitative estimate of drug-likeness (QED) is 0.324. The molecule has 0 aliphatic heterocycles. The fourth-order valence-electron chi connectivity index (χ4n) is 3.31. The van der Waals surface area contributed by atoms with Gasteiger partial charge in [-0.2, -0.15) is 0 Å². The van der Waals surface area contributed by atoms with Crippen molar-refractivity contribution in [3.05, 3.63) is 95.7 Å². The van der Waals surface area contributed by atoms with E-state index in [2.05, 4.69) is 9.71 Å². The smallest absolute Gasteiger partial charge is 0.338 e. The van der Waals surface area contributed by atoms with Crippen LogP contribution in [0.1, 0.15) is 26.3 Å². The van der Waals surface area contributed by atoms with E-state index in [0.29, 0.717) is 11.3 Å². The van der Waals surface area contributed by atoms with Crippen LogP contribution >= 0.6 is 0 Å². The van der Waals surface area contributed by atoms with E-state index in [-0.39, 0.29) is 16.2 Å². The highest BCUT2D eigenvalue weighted by Crippen LogP contribution is 2.20. The van der Waals surface area contributed by atoms with Gasteiger partial charge >= 0.3 is 5.97 Å². The number of benzene rings is 3. The highest BCUT2D eigenvalue weighted by Gasteiger charge is 2.19. The summed E-state index contributed by atoms with van der Waals surface area (Å²) < 4.78 is 33.1. The Morgan fingerprint density at radius 1 is 0.969 bits per heavy atom. The third kappa shape index (κ3) is 4.55. The van der Waals surface area contributed by atoms with Gasteiger partial charge < -0.3 is 9.72 Å². The number of fused-ring (bicyclic) bond motifs is 1. The van der Waals surface area contributed by atoms with Crippen molar-refractivity contribution >= 4 is 38.4 Å². The molecule has 8 heteroatoms. The molecule has 162 valence electrons. The van der Waals surface area contributed by atoms with Crippen molar-refractivity contribution in [1.29, 1.82) is 0 Å². The molecule has 0 aliphatic carbocycles. The largest absolute Gasteiger partial charge is 0.454 e. The first kappa shape index (κ1) is 21.3. The number of carbonyl (C=O) groups is 2. The van der Waals surface area contributed by atoms with Gasteiger partial charge in [0.1, 0.15) is 0 Å². The number of Topliss-reactive ketones (excluding diaryl/α,β-unsaturated/α-hetero) is 1. The standard InChI is InChI=1S/C24H20N2O5S/c1-16-6-4-8-18(12-16)26-32(29,30)19-9-5-7-17(13-19)24(28)31-15-23(27)21-14-25-22-11-3-2-10-20(21)22/h2-14,25-26H,15H2,1H3. The van der Waals surface area contributed by atoms with Crippen molar-refractivity contribution in [3.63, 3.8) is 0 Å². The summed E-state index contributed by atoms with van der Waals surface area (Å²) in [6.45, 7) is 1.39. The minimum absolute atomic E-state index is 0.0313. The molecule has 0 atom stereocenters. The Balaban J connectivity index is 1.46. The first-order chi connectivity index (χ1) is 15.3. The number of esters is 1. The van der Waals surface area contributed by atoms with Gasteiger partial charge in [-0.15, -0.1) is 0 Å². The zero-order chi connectivity index (χ0) is 22.7. The van der Waals surface area contributed by atoms with Crippen LogP contribution in [0.4, 0.5) is 5.69 Å². The van der Waals surface area contributed by atoms with Crippen LogP contribution in [0.15, 0.2) is 83.9 Å². The van der Waals surface area contributed by atoms with Crippen LogP contribution < -0.4 is 4.72 Å². The number of anilines is 1. The van der Waals surface area contributed by atoms with Crippen molar-refractivity contribution < 1.29 is 22.7 Å². The number of aromatic amines is 1. The second-order valence-electron chi connectivity index (χ2n) is 7.25. The zero-order valence-electron chi connectivity index (χ0n) is 17.2. The molecule has 0 spiro atoms. The van der Waals surface area contributed by atoms with E-state index in [0.717, 1.165) is 16.5 Å². The average Bonchev–Trinajstić information content (AvgIpc) is 3.21. The maximum atomic E-state index is 12.7. The minimum Gasteiger partial charge on any atom is -0.454 e. The van der Waals surface area contributed by atoms with Gasteiger partial charge in [-0.25, -0.2) is 13.2 Å². The molecule has 0 aliphatic rings. The van der Waals surface area contributed by atoms with Crippen molar-refractivity contribution in [3.8, 4) is 0 Å². The molecular weight excluding hydrogens is 428 g/mol. The molecule has 0 saturated heterocycles. The van der Waals surface area contributed by atoms with Crippen LogP contribution in [0, 0.1) is 6.92 Å². The zero-order valence-corrected chi connectivity index (χ0v) is 18.0. The lowest BCUT2D eigenvalue weighted by Crippen LogP contribution is -2.16. The first-order valence-electron chi connectivity index (χ1n) is 9.79. The molecule has 1 aromatic heterocycles. The molecule has 0 fully saturated rings. The van der Waals surface area contributed by atoms with Crippen LogP contribution in [0.3, 0.4) is 0 Å². The molecule has 0 saturated carbocycles. The molecule has 2 N–H and O–H groups in total. The summed E-state index contributed by atoms with van der Waals surface area (Å²) in [5, 5.41) is 0.740. The van der Waals surface area contributed by atoms with Crippen LogP contribution in [0.25, 0.3) is 10.9 Å². The fourth-order valence-corrected chi connectivity index (χ4v) is 4.40. The lowest BCUT2D eigenvalue weighted by atomic mass is 10.1. The van der Waals surface area contributed by atoms with Gasteiger partial charge in [-0.1, -0.05) is 36.4 Å². The van der Waals surface area contributed by atoms with E-state index < -0.39 is 22.6 Å². The number of ketones is 1. The number of aromatic nitrogens is 1. The SMILES string of the molecule is Cc1cccc(NS(=O)(=O)c2cccc(C(=O)OCC(=O)c3c[nH]c4ccccc34)c2)c1. The summed E-state index contributed by atoms with van der Waals surface area (Å²) >= 11 is 0. The topological polar surface area (TPSA) is 105 Å². The molecule has 32 heavy (non-hydrogen) atoms. The van der Waals surface area contributed by atoms with E-state index in [9.17, 15) is 18.0 Å². The number of para-hydroxylation sites is 1. The second-order valence-corrected chi connectivity index (χ2v) is 8.93. The molecule has 0 unspecified atom stereocenters. The van der Waals surface area contributed by atoms with Gasteiger partial charge in [0.25, 0.3) is 10.0 Å². The maximum absolute atomic E-state index is 12.7. The Hall–Kier alpha value is -3.91. The summed E-state index contributed by atoms with van der Waals surface area (Å²) in [5.41, 5.74) is 2.59. The van der Waals surface area contributed by atoms with E-state index in [1.54, 1.807) is 30.5 Å². The van der Waals surface area contributed by atoms with Crippen LogP contribution in [-0.2, 0) is 14.8 Å². The Morgan fingerprint density at radius 2 is 1.75 bits per heavy atom. The van der Waals surface area contributed by atoms with Gasteiger partial charge in [0.05, 0.1) is 10.5 Å². The number of carbonyl (C=O) groups excluding carboxylic acids is 2. The number of H-pyrrole nitrogens is 1. The predicted molar refractivity (Wildman–Crippen MR) is 121 cm³/mol. The third-order valence-electron chi connectivity index (χ3n) is 4.87. The summed E-state index contributed by atoms with van der Waals surface area (Å²) in [6, 6.07) is 19.7. The van der Waals surface area contributed by atoms with E-state index in [1.165, 1.54) is 24.3 Å². The number of aryl methyl sites for hydroxylation is 1. The number of rotatable bonds is 7. The van der Waals surface area contributed by atoms with E-state index in [4.69, 9.17) is 4.74 Å². The van der Waals surface area contributed by atoms with Crippen LogP contribution in [-0.4, -0.2) is 31.8 Å². The average molecular weight is 449 g/mol. The first-order valence-corrected chi connectivity index (χ1v) is 11.3. The predicted octanol–water partition coefficient (Wildman–Crippen LogP) is 4.32. The summed E-state index contributed by atoms with van der Waals surface area (Å²) in [6.07, 6.45) is 1.57. The van der Waals surface area contributed by atoms with Gasteiger partial charge in [0, 0.05) is 28.4 Å². The Bertz CT molecular complexity index is 1420. The number of nitrogens with one attached hydrogen (secondary N) is 2. The molecule has 3 aromatic carbocycles. The number of hydrogen-bond donors (Lipinski definition) is 2. The van der Waals surface area contributed by atoms with Crippen LogP contribution in [0.2, 0.25) is 0 Å². The molecular formula is C24H20N2O5S. The molecule has 0 radical (unpaired) electrons. The van der Waals surface area contributed by atoms with Gasteiger partial charge in [-0.3, -0.25) is 9.52 Å². The highest BCUT2D eigenvalue weighted by atomic mass is 32.2. The molecule has 4 rings (SSSR count). The van der Waals surface area contributed by atoms with Gasteiger partial charge in [0.2, 0.25) is 5.78 Å². The second kappa shape index (κ2) is 8.68. The molecule has 0 bridgehead atoms. The Labute approximate surface area is 185 Å². The Kier molecular flexibility index (Phi) is 5.79.